The molecule has 2 aliphatic heterocycles. The van der Waals surface area contributed by atoms with Gasteiger partial charge in [0, 0.05) is 68.0 Å². The molecule has 29 heavy (non-hydrogen) atoms. The quantitative estimate of drug-likeness (QED) is 0.631. The van der Waals surface area contributed by atoms with E-state index in [-0.39, 0.29) is 0 Å². The van der Waals surface area contributed by atoms with Crippen molar-refractivity contribution in [2.75, 3.05) is 31.6 Å². The number of nitrogens with zero attached hydrogens (tertiary/aromatic N) is 4. The number of hydrogen-bond donors (Lipinski definition) is 0. The molecule has 0 spiro atoms. The number of allylic oxidation sites excluding steroid dienone is 1. The van der Waals surface area contributed by atoms with Crippen LogP contribution in [-0.4, -0.2) is 41.1 Å². The van der Waals surface area contributed by atoms with E-state index in [1.807, 2.05) is 12.4 Å². The minimum Gasteiger partial charge on any atom is -0.372 e. The fraction of sp³-hybridized carbons (Fsp3) is 0.400. The van der Waals surface area contributed by atoms with Gasteiger partial charge in [-0.15, -0.1) is 0 Å². The van der Waals surface area contributed by atoms with Gasteiger partial charge in [-0.2, -0.15) is 0 Å². The lowest BCUT2D eigenvalue weighted by molar-refractivity contribution is 0.312. The van der Waals surface area contributed by atoms with Gasteiger partial charge in [0.25, 0.3) is 0 Å². The molecule has 0 amide bonds. The molecule has 2 aromatic heterocycles. The van der Waals surface area contributed by atoms with Crippen LogP contribution in [0.3, 0.4) is 0 Å². The Hall–Kier alpha value is -2.59. The zero-order valence-electron chi connectivity index (χ0n) is 17.6. The highest BCUT2D eigenvalue weighted by atomic mass is 15.1. The standard InChI is InChI=1S/C25H30N4/c1-19(20-8-11-26-12-9-20)17-29-24-7-6-21(28-13-4-3-5-14-28)16-22(24)23-18-27(2)15-10-25(23)29/h6-9,11-12,16-17H,3-5,10,13-15,18H2,1-2H3/b19-17+. The highest BCUT2D eigenvalue weighted by Crippen LogP contribution is 2.35. The topological polar surface area (TPSA) is 24.3 Å². The Morgan fingerprint density at radius 1 is 1.00 bits per heavy atom. The number of hydrogen-bond acceptors (Lipinski definition) is 3. The molecule has 0 radical (unpaired) electrons. The molecule has 0 N–H and O–H groups in total. The number of fused-ring (bicyclic) bond motifs is 3. The maximum Gasteiger partial charge on any atom is 0.0530 e. The van der Waals surface area contributed by atoms with E-state index in [9.17, 15) is 0 Å². The maximum atomic E-state index is 4.16. The number of rotatable bonds is 3. The van der Waals surface area contributed by atoms with Gasteiger partial charge in [0.15, 0.2) is 0 Å². The molecular weight excluding hydrogens is 356 g/mol. The van der Waals surface area contributed by atoms with E-state index in [0.29, 0.717) is 0 Å². The molecule has 0 atom stereocenters. The lowest BCUT2D eigenvalue weighted by Gasteiger charge is -2.29. The van der Waals surface area contributed by atoms with Crippen LogP contribution in [0.2, 0.25) is 0 Å². The minimum atomic E-state index is 1.03. The second-order valence-electron chi connectivity index (χ2n) is 8.58. The molecule has 1 fully saturated rings. The summed E-state index contributed by atoms with van der Waals surface area (Å²) in [6.07, 6.45) is 11.2. The number of likely N-dealkylation sites (N-methyl/N-ethyl adjacent to an activating group) is 1. The van der Waals surface area contributed by atoms with Crippen molar-refractivity contribution < 1.29 is 0 Å². The Morgan fingerprint density at radius 2 is 1.79 bits per heavy atom. The van der Waals surface area contributed by atoms with Crippen LogP contribution in [0.25, 0.3) is 22.7 Å². The highest BCUT2D eigenvalue weighted by Gasteiger charge is 2.23. The van der Waals surface area contributed by atoms with E-state index >= 15 is 0 Å². The summed E-state index contributed by atoms with van der Waals surface area (Å²) in [6.45, 7) is 6.73. The third kappa shape index (κ3) is 3.46. The predicted molar refractivity (Wildman–Crippen MR) is 122 cm³/mol. The molecule has 0 bridgehead atoms. The number of pyridine rings is 1. The Balaban J connectivity index is 1.64. The van der Waals surface area contributed by atoms with E-state index in [2.05, 4.69) is 69.9 Å². The molecule has 0 saturated carbocycles. The summed E-state index contributed by atoms with van der Waals surface area (Å²) >= 11 is 0. The average Bonchev–Trinajstić information content (AvgIpc) is 3.07. The van der Waals surface area contributed by atoms with Gasteiger partial charge in [-0.05, 0) is 80.3 Å². The summed E-state index contributed by atoms with van der Waals surface area (Å²) in [5, 5.41) is 1.42. The molecule has 150 valence electrons. The van der Waals surface area contributed by atoms with Crippen molar-refractivity contribution in [3.8, 4) is 0 Å². The third-order valence-corrected chi connectivity index (χ3v) is 6.54. The number of benzene rings is 1. The Bertz CT molecular complexity index is 1040. The van der Waals surface area contributed by atoms with Crippen molar-refractivity contribution in [2.45, 2.75) is 39.2 Å². The maximum absolute atomic E-state index is 4.16. The molecule has 4 heterocycles. The smallest absolute Gasteiger partial charge is 0.0530 e. The van der Waals surface area contributed by atoms with Gasteiger partial charge in [0.2, 0.25) is 0 Å². The molecule has 5 rings (SSSR count). The summed E-state index contributed by atoms with van der Waals surface area (Å²) in [5.41, 5.74) is 8.20. The van der Waals surface area contributed by atoms with Crippen LogP contribution in [0.1, 0.15) is 43.0 Å². The SMILES string of the molecule is C/C(=C\n1c2c(c3cc(N4CCCCC4)ccc31)CN(C)CC2)c1ccncc1. The van der Waals surface area contributed by atoms with Gasteiger partial charge in [0.1, 0.15) is 0 Å². The minimum absolute atomic E-state index is 1.03. The normalized spacial score (nSPS) is 18.3. The molecule has 0 unspecified atom stereocenters. The van der Waals surface area contributed by atoms with Gasteiger partial charge < -0.3 is 14.4 Å². The predicted octanol–water partition coefficient (Wildman–Crippen LogP) is 5.03. The molecular formula is C25H30N4. The van der Waals surface area contributed by atoms with E-state index in [1.165, 1.54) is 71.3 Å². The number of anilines is 1. The molecule has 1 saturated heterocycles. The molecule has 4 heteroatoms. The van der Waals surface area contributed by atoms with E-state index in [4.69, 9.17) is 0 Å². The fourth-order valence-corrected chi connectivity index (χ4v) is 4.89. The Morgan fingerprint density at radius 3 is 2.59 bits per heavy atom. The summed E-state index contributed by atoms with van der Waals surface area (Å²) in [7, 11) is 2.23. The van der Waals surface area contributed by atoms with Gasteiger partial charge in [0.05, 0.1) is 5.52 Å². The van der Waals surface area contributed by atoms with Gasteiger partial charge in [-0.3, -0.25) is 4.98 Å². The zero-order valence-corrected chi connectivity index (χ0v) is 17.6. The first-order chi connectivity index (χ1) is 14.2. The lowest BCUT2D eigenvalue weighted by Crippen LogP contribution is -2.29. The van der Waals surface area contributed by atoms with Crippen molar-refractivity contribution in [1.29, 1.82) is 0 Å². The molecule has 1 aromatic carbocycles. The van der Waals surface area contributed by atoms with Crippen molar-refractivity contribution >= 4 is 28.4 Å². The molecule has 3 aromatic rings. The summed E-state index contributed by atoms with van der Waals surface area (Å²) < 4.78 is 2.45. The van der Waals surface area contributed by atoms with Crippen LogP contribution < -0.4 is 4.90 Å². The van der Waals surface area contributed by atoms with Crippen LogP contribution in [0.4, 0.5) is 5.69 Å². The van der Waals surface area contributed by atoms with Crippen molar-refractivity contribution in [1.82, 2.24) is 14.5 Å². The second kappa shape index (κ2) is 7.68. The van der Waals surface area contributed by atoms with E-state index < -0.39 is 0 Å². The first-order valence-corrected chi connectivity index (χ1v) is 10.9. The second-order valence-corrected chi connectivity index (χ2v) is 8.58. The summed E-state index contributed by atoms with van der Waals surface area (Å²) in [6, 6.07) is 11.3. The fourth-order valence-electron chi connectivity index (χ4n) is 4.89. The molecule has 0 aliphatic carbocycles. The monoisotopic (exact) mass is 386 g/mol. The van der Waals surface area contributed by atoms with Crippen molar-refractivity contribution in [3.05, 3.63) is 59.5 Å². The van der Waals surface area contributed by atoms with Crippen molar-refractivity contribution in [2.24, 2.45) is 0 Å². The number of aromatic nitrogens is 2. The van der Waals surface area contributed by atoms with Crippen LogP contribution in [0.15, 0.2) is 42.7 Å². The molecule has 2 aliphatic rings. The highest BCUT2D eigenvalue weighted by molar-refractivity contribution is 5.92. The van der Waals surface area contributed by atoms with Gasteiger partial charge in [-0.25, -0.2) is 0 Å². The first-order valence-electron chi connectivity index (χ1n) is 10.9. The van der Waals surface area contributed by atoms with Gasteiger partial charge in [-0.1, -0.05) is 0 Å². The third-order valence-electron chi connectivity index (χ3n) is 6.54. The zero-order chi connectivity index (χ0) is 19.8. The van der Waals surface area contributed by atoms with Crippen LogP contribution in [0.5, 0.6) is 0 Å². The Labute approximate surface area is 173 Å². The van der Waals surface area contributed by atoms with Crippen molar-refractivity contribution in [3.63, 3.8) is 0 Å². The largest absolute Gasteiger partial charge is 0.372 e. The molecule has 4 nitrogen and oxygen atoms in total. The van der Waals surface area contributed by atoms with Gasteiger partial charge >= 0.3 is 0 Å². The van der Waals surface area contributed by atoms with Crippen LogP contribution >= 0.6 is 0 Å². The summed E-state index contributed by atoms with van der Waals surface area (Å²) in [5.74, 6) is 0. The number of piperidine rings is 1. The average molecular weight is 387 g/mol. The Kier molecular flexibility index (Phi) is 4.88. The first kappa shape index (κ1) is 18.4. The van der Waals surface area contributed by atoms with E-state index in [1.54, 1.807) is 0 Å². The van der Waals surface area contributed by atoms with E-state index in [0.717, 1.165) is 19.5 Å². The van der Waals surface area contributed by atoms with Crippen LogP contribution in [-0.2, 0) is 13.0 Å². The lowest BCUT2D eigenvalue weighted by atomic mass is 10.0. The summed E-state index contributed by atoms with van der Waals surface area (Å²) in [4.78, 5) is 9.17. The van der Waals surface area contributed by atoms with Crippen LogP contribution in [0, 0.1) is 0 Å².